The van der Waals surface area contributed by atoms with Crippen LogP contribution >= 0.6 is 0 Å². The number of hydrogen-bond acceptors (Lipinski definition) is 3. The minimum Gasteiger partial charge on any atom is -0.382 e. The average molecular weight is 167 g/mol. The second kappa shape index (κ2) is 3.38. The lowest BCUT2D eigenvalue weighted by Crippen LogP contribution is -2.25. The van der Waals surface area contributed by atoms with Crippen molar-refractivity contribution in [3.05, 3.63) is 22.5 Å². The molecule has 0 saturated carbocycles. The predicted molar refractivity (Wildman–Crippen MR) is 47.9 cm³/mol. The number of nitrogen functional groups attached to an aromatic ring is 1. The van der Waals surface area contributed by atoms with Gasteiger partial charge in [0, 0.05) is 6.07 Å². The molecular weight excluding hydrogens is 154 g/mol. The summed E-state index contributed by atoms with van der Waals surface area (Å²) in [5.74, 6) is 0.384. The van der Waals surface area contributed by atoms with Crippen LogP contribution in [0, 0.1) is 0 Å². The normalized spacial score (nSPS) is 12.8. The second-order valence-electron chi connectivity index (χ2n) is 2.80. The highest BCUT2D eigenvalue weighted by atomic mass is 16.1. The summed E-state index contributed by atoms with van der Waals surface area (Å²) in [5, 5.41) is 3.93. The van der Waals surface area contributed by atoms with Gasteiger partial charge in [0.05, 0.1) is 6.04 Å². The minimum absolute atomic E-state index is 0.0986. The average Bonchev–Trinajstić information content (AvgIpc) is 2.08. The summed E-state index contributed by atoms with van der Waals surface area (Å²) in [6.07, 6.45) is 0.871. The first-order valence-electron chi connectivity index (χ1n) is 4.00. The Kier molecular flexibility index (Phi) is 2.47. The molecule has 1 rings (SSSR count). The van der Waals surface area contributed by atoms with Crippen molar-refractivity contribution in [1.82, 2.24) is 9.78 Å². The lowest BCUT2D eigenvalue weighted by atomic mass is 10.3. The zero-order valence-corrected chi connectivity index (χ0v) is 7.32. The zero-order chi connectivity index (χ0) is 9.14. The summed E-state index contributed by atoms with van der Waals surface area (Å²) in [6.45, 7) is 3.94. The van der Waals surface area contributed by atoms with Crippen molar-refractivity contribution in [3.8, 4) is 0 Å². The third-order valence-electron chi connectivity index (χ3n) is 1.85. The summed E-state index contributed by atoms with van der Waals surface area (Å²) in [5.41, 5.74) is 5.35. The van der Waals surface area contributed by atoms with Gasteiger partial charge in [-0.2, -0.15) is 5.10 Å². The van der Waals surface area contributed by atoms with Crippen molar-refractivity contribution in [3.63, 3.8) is 0 Å². The van der Waals surface area contributed by atoms with Crippen molar-refractivity contribution < 1.29 is 0 Å². The van der Waals surface area contributed by atoms with Crippen molar-refractivity contribution in [2.45, 2.75) is 26.3 Å². The molecule has 2 N–H and O–H groups in total. The molecule has 66 valence electrons. The van der Waals surface area contributed by atoms with E-state index in [1.54, 1.807) is 0 Å². The number of hydrogen-bond donors (Lipinski definition) is 1. The molecule has 1 aromatic heterocycles. The Morgan fingerprint density at radius 1 is 1.67 bits per heavy atom. The molecule has 1 atom stereocenters. The Hall–Kier alpha value is -1.32. The molecule has 0 amide bonds. The van der Waals surface area contributed by atoms with Crippen LogP contribution in [0.4, 0.5) is 5.82 Å². The van der Waals surface area contributed by atoms with Gasteiger partial charge in [-0.3, -0.25) is 4.79 Å². The highest BCUT2D eigenvalue weighted by molar-refractivity contribution is 5.23. The van der Waals surface area contributed by atoms with Crippen molar-refractivity contribution in [2.24, 2.45) is 0 Å². The fourth-order valence-corrected chi connectivity index (χ4v) is 0.929. The van der Waals surface area contributed by atoms with E-state index in [1.165, 1.54) is 16.8 Å². The largest absolute Gasteiger partial charge is 0.382 e. The Balaban J connectivity index is 3.13. The van der Waals surface area contributed by atoms with Crippen LogP contribution in [0.25, 0.3) is 0 Å². The molecule has 0 saturated heterocycles. The van der Waals surface area contributed by atoms with Gasteiger partial charge in [0.2, 0.25) is 0 Å². The fraction of sp³-hybridized carbons (Fsp3) is 0.500. The van der Waals surface area contributed by atoms with Crippen LogP contribution in [0.2, 0.25) is 0 Å². The predicted octanol–water partition coefficient (Wildman–Crippen LogP) is 0.796. The van der Waals surface area contributed by atoms with E-state index in [9.17, 15) is 4.79 Å². The summed E-state index contributed by atoms with van der Waals surface area (Å²) >= 11 is 0. The monoisotopic (exact) mass is 167 g/mol. The molecule has 4 nitrogen and oxygen atoms in total. The van der Waals surface area contributed by atoms with Crippen LogP contribution in [0.1, 0.15) is 26.3 Å². The van der Waals surface area contributed by atoms with Gasteiger partial charge in [0.15, 0.2) is 0 Å². The molecule has 1 aromatic rings. The maximum absolute atomic E-state index is 11.2. The molecule has 0 spiro atoms. The molecule has 0 fully saturated rings. The van der Waals surface area contributed by atoms with Crippen molar-refractivity contribution >= 4 is 5.82 Å². The summed E-state index contributed by atoms with van der Waals surface area (Å²) in [7, 11) is 0. The molecule has 0 aliphatic rings. The molecule has 0 radical (unpaired) electrons. The number of nitrogens with zero attached hydrogens (tertiary/aromatic N) is 2. The van der Waals surface area contributed by atoms with E-state index >= 15 is 0 Å². The number of aromatic nitrogens is 2. The molecule has 0 unspecified atom stereocenters. The van der Waals surface area contributed by atoms with Crippen LogP contribution < -0.4 is 11.3 Å². The van der Waals surface area contributed by atoms with E-state index in [2.05, 4.69) is 5.10 Å². The molecule has 12 heavy (non-hydrogen) atoms. The van der Waals surface area contributed by atoms with Crippen molar-refractivity contribution in [2.75, 3.05) is 5.73 Å². The maximum Gasteiger partial charge on any atom is 0.267 e. The first-order chi connectivity index (χ1) is 5.65. The highest BCUT2D eigenvalue weighted by Crippen LogP contribution is 2.04. The Morgan fingerprint density at radius 3 is 2.92 bits per heavy atom. The molecule has 1 heterocycles. The second-order valence-corrected chi connectivity index (χ2v) is 2.80. The third kappa shape index (κ3) is 1.64. The lowest BCUT2D eigenvalue weighted by Gasteiger charge is -2.10. The van der Waals surface area contributed by atoms with Crippen molar-refractivity contribution in [1.29, 1.82) is 0 Å². The zero-order valence-electron chi connectivity index (χ0n) is 7.32. The molecule has 0 bridgehead atoms. The number of rotatable bonds is 2. The number of anilines is 1. The van der Waals surface area contributed by atoms with Gasteiger partial charge in [0.25, 0.3) is 5.56 Å². The maximum atomic E-state index is 11.2. The molecule has 4 heteroatoms. The van der Waals surface area contributed by atoms with Gasteiger partial charge >= 0.3 is 0 Å². The first kappa shape index (κ1) is 8.77. The summed E-state index contributed by atoms with van der Waals surface area (Å²) in [6, 6.07) is 3.07. The SMILES string of the molecule is CC[C@@H](C)n1nc(N)ccc1=O. The fourth-order valence-electron chi connectivity index (χ4n) is 0.929. The minimum atomic E-state index is -0.0986. The Bertz CT molecular complexity index is 318. The lowest BCUT2D eigenvalue weighted by molar-refractivity contribution is 0.456. The van der Waals surface area contributed by atoms with E-state index in [-0.39, 0.29) is 11.6 Å². The number of nitrogens with two attached hydrogens (primary N) is 1. The van der Waals surface area contributed by atoms with Gasteiger partial charge in [0.1, 0.15) is 5.82 Å². The molecule has 0 aliphatic heterocycles. The standard InChI is InChI=1S/C8H13N3O/c1-3-6(2)11-8(12)5-4-7(9)10-11/h4-6H,3H2,1-2H3,(H2,9,10)/t6-/m1/s1. The first-order valence-corrected chi connectivity index (χ1v) is 4.00. The van der Waals surface area contributed by atoms with Gasteiger partial charge < -0.3 is 5.73 Å². The molecule has 0 aromatic carbocycles. The van der Waals surface area contributed by atoms with E-state index in [1.807, 2.05) is 13.8 Å². The summed E-state index contributed by atoms with van der Waals surface area (Å²) < 4.78 is 1.41. The van der Waals surface area contributed by atoms with E-state index in [0.717, 1.165) is 6.42 Å². The topological polar surface area (TPSA) is 60.9 Å². The van der Waals surface area contributed by atoms with Crippen LogP contribution in [0.15, 0.2) is 16.9 Å². The van der Waals surface area contributed by atoms with Gasteiger partial charge in [-0.15, -0.1) is 0 Å². The van der Waals surface area contributed by atoms with Crippen LogP contribution in [-0.4, -0.2) is 9.78 Å². The van der Waals surface area contributed by atoms with E-state index < -0.39 is 0 Å². The quantitative estimate of drug-likeness (QED) is 0.708. The smallest absolute Gasteiger partial charge is 0.267 e. The van der Waals surface area contributed by atoms with Crippen LogP contribution in [0.3, 0.4) is 0 Å². The Labute approximate surface area is 71.0 Å². The highest BCUT2D eigenvalue weighted by Gasteiger charge is 2.04. The van der Waals surface area contributed by atoms with Crippen LogP contribution in [-0.2, 0) is 0 Å². The van der Waals surface area contributed by atoms with E-state index in [4.69, 9.17) is 5.73 Å². The third-order valence-corrected chi connectivity index (χ3v) is 1.85. The van der Waals surface area contributed by atoms with Gasteiger partial charge in [-0.25, -0.2) is 4.68 Å². The Morgan fingerprint density at radius 2 is 2.33 bits per heavy atom. The molecule has 0 aliphatic carbocycles. The molecular formula is C8H13N3O. The van der Waals surface area contributed by atoms with Crippen LogP contribution in [0.5, 0.6) is 0 Å². The van der Waals surface area contributed by atoms with Gasteiger partial charge in [-0.05, 0) is 19.4 Å². The summed E-state index contributed by atoms with van der Waals surface area (Å²) in [4.78, 5) is 11.2. The van der Waals surface area contributed by atoms with E-state index in [0.29, 0.717) is 5.82 Å². The van der Waals surface area contributed by atoms with Gasteiger partial charge in [-0.1, -0.05) is 6.92 Å².